The van der Waals surface area contributed by atoms with Gasteiger partial charge in [-0.05, 0) is 55.1 Å². The van der Waals surface area contributed by atoms with E-state index in [0.717, 1.165) is 30.3 Å². The molecule has 0 radical (unpaired) electrons. The highest BCUT2D eigenvalue weighted by Crippen LogP contribution is 2.36. The summed E-state index contributed by atoms with van der Waals surface area (Å²) in [7, 11) is 0. The summed E-state index contributed by atoms with van der Waals surface area (Å²) in [5.74, 6) is 5.72. The van der Waals surface area contributed by atoms with Gasteiger partial charge >= 0.3 is 0 Å². The molecule has 0 aromatic carbocycles. The molecular weight excluding hydrogens is 214 g/mol. The molecule has 2 rings (SSSR count). The van der Waals surface area contributed by atoms with E-state index in [9.17, 15) is 0 Å². The van der Waals surface area contributed by atoms with E-state index in [0.29, 0.717) is 0 Å². The van der Waals surface area contributed by atoms with Crippen LogP contribution < -0.4 is 5.32 Å². The molecule has 1 aliphatic carbocycles. The molecule has 2 fully saturated rings. The van der Waals surface area contributed by atoms with Crippen LogP contribution in [0, 0.1) is 17.8 Å². The first kappa shape index (κ1) is 12.8. The third-order valence-corrected chi connectivity index (χ3v) is 5.67. The van der Waals surface area contributed by atoms with Gasteiger partial charge in [-0.3, -0.25) is 0 Å². The normalized spacial score (nSPS) is 37.5. The van der Waals surface area contributed by atoms with Crippen LogP contribution in [0.1, 0.15) is 46.0 Å². The lowest BCUT2D eigenvalue weighted by molar-refractivity contribution is 0.193. The van der Waals surface area contributed by atoms with Crippen LogP contribution in [0.4, 0.5) is 0 Å². The SMILES string of the molecule is CCNC(C1CCC(C)CC1)C1CCSC1. The first-order valence-electron chi connectivity index (χ1n) is 7.12. The Kier molecular flexibility index (Phi) is 5.02. The molecule has 2 aliphatic rings. The molecule has 1 nitrogen and oxygen atoms in total. The van der Waals surface area contributed by atoms with Crippen LogP contribution in [-0.2, 0) is 0 Å². The lowest BCUT2D eigenvalue weighted by Crippen LogP contribution is -2.43. The van der Waals surface area contributed by atoms with Gasteiger partial charge in [-0.25, -0.2) is 0 Å². The molecule has 1 aliphatic heterocycles. The Hall–Kier alpha value is 0.310. The molecule has 0 spiro atoms. The predicted octanol–water partition coefficient (Wildman–Crippen LogP) is 3.54. The Bertz CT molecular complexity index is 193. The van der Waals surface area contributed by atoms with Crippen molar-refractivity contribution in [2.75, 3.05) is 18.1 Å². The van der Waals surface area contributed by atoms with Crippen molar-refractivity contribution >= 4 is 11.8 Å². The second-order valence-corrected chi connectivity index (χ2v) is 6.88. The van der Waals surface area contributed by atoms with Gasteiger partial charge in [0.15, 0.2) is 0 Å². The minimum Gasteiger partial charge on any atom is -0.314 e. The maximum absolute atomic E-state index is 3.80. The molecule has 0 aromatic rings. The molecule has 1 saturated heterocycles. The van der Waals surface area contributed by atoms with E-state index >= 15 is 0 Å². The molecule has 0 bridgehead atoms. The fourth-order valence-electron chi connectivity index (χ4n) is 3.43. The van der Waals surface area contributed by atoms with Crippen molar-refractivity contribution < 1.29 is 0 Å². The summed E-state index contributed by atoms with van der Waals surface area (Å²) in [5.41, 5.74) is 0. The zero-order chi connectivity index (χ0) is 11.4. The lowest BCUT2D eigenvalue weighted by Gasteiger charge is -2.36. The van der Waals surface area contributed by atoms with Gasteiger partial charge in [0.25, 0.3) is 0 Å². The quantitative estimate of drug-likeness (QED) is 0.808. The summed E-state index contributed by atoms with van der Waals surface area (Å²) < 4.78 is 0. The van der Waals surface area contributed by atoms with E-state index in [1.165, 1.54) is 43.6 Å². The van der Waals surface area contributed by atoms with Crippen LogP contribution in [0.2, 0.25) is 0 Å². The number of thioether (sulfide) groups is 1. The van der Waals surface area contributed by atoms with Gasteiger partial charge < -0.3 is 5.32 Å². The molecule has 1 saturated carbocycles. The van der Waals surface area contributed by atoms with Gasteiger partial charge in [-0.15, -0.1) is 0 Å². The highest BCUT2D eigenvalue weighted by Gasteiger charge is 2.32. The van der Waals surface area contributed by atoms with Crippen LogP contribution in [0.25, 0.3) is 0 Å². The number of nitrogens with one attached hydrogen (secondary N) is 1. The molecule has 94 valence electrons. The number of hydrogen-bond acceptors (Lipinski definition) is 2. The van der Waals surface area contributed by atoms with Gasteiger partial charge in [0, 0.05) is 6.04 Å². The summed E-state index contributed by atoms with van der Waals surface area (Å²) in [5, 5.41) is 3.80. The minimum absolute atomic E-state index is 0.826. The maximum Gasteiger partial charge on any atom is 0.0132 e. The van der Waals surface area contributed by atoms with Crippen LogP contribution in [0.15, 0.2) is 0 Å². The zero-order valence-corrected chi connectivity index (χ0v) is 11.7. The van der Waals surface area contributed by atoms with E-state index in [1.807, 2.05) is 0 Å². The van der Waals surface area contributed by atoms with Crippen molar-refractivity contribution in [3.8, 4) is 0 Å². The smallest absolute Gasteiger partial charge is 0.0132 e. The molecule has 16 heavy (non-hydrogen) atoms. The molecule has 2 atom stereocenters. The van der Waals surface area contributed by atoms with Gasteiger partial charge in [-0.1, -0.05) is 26.7 Å². The average molecular weight is 241 g/mol. The van der Waals surface area contributed by atoms with Crippen LogP contribution >= 0.6 is 11.8 Å². The van der Waals surface area contributed by atoms with Gasteiger partial charge in [0.1, 0.15) is 0 Å². The number of hydrogen-bond donors (Lipinski definition) is 1. The van der Waals surface area contributed by atoms with E-state index in [1.54, 1.807) is 0 Å². The molecule has 1 N–H and O–H groups in total. The van der Waals surface area contributed by atoms with E-state index in [2.05, 4.69) is 30.9 Å². The highest BCUT2D eigenvalue weighted by molar-refractivity contribution is 7.99. The van der Waals surface area contributed by atoms with Crippen molar-refractivity contribution in [2.45, 2.75) is 52.0 Å². The van der Waals surface area contributed by atoms with E-state index < -0.39 is 0 Å². The third-order valence-electron chi connectivity index (χ3n) is 4.48. The number of rotatable bonds is 4. The second-order valence-electron chi connectivity index (χ2n) is 5.73. The summed E-state index contributed by atoms with van der Waals surface area (Å²) >= 11 is 2.16. The third kappa shape index (κ3) is 3.16. The van der Waals surface area contributed by atoms with E-state index in [4.69, 9.17) is 0 Å². The maximum atomic E-state index is 3.80. The van der Waals surface area contributed by atoms with Crippen LogP contribution in [0.3, 0.4) is 0 Å². The first-order chi connectivity index (χ1) is 7.81. The Balaban J connectivity index is 1.90. The van der Waals surface area contributed by atoms with Crippen molar-refractivity contribution in [3.05, 3.63) is 0 Å². The van der Waals surface area contributed by atoms with Crippen LogP contribution in [0.5, 0.6) is 0 Å². The molecular formula is C14H27NS. The van der Waals surface area contributed by atoms with Crippen LogP contribution in [-0.4, -0.2) is 24.1 Å². The fraction of sp³-hybridized carbons (Fsp3) is 1.00. The summed E-state index contributed by atoms with van der Waals surface area (Å²) in [4.78, 5) is 0. The molecule has 0 amide bonds. The van der Waals surface area contributed by atoms with Gasteiger partial charge in [0.2, 0.25) is 0 Å². The summed E-state index contributed by atoms with van der Waals surface area (Å²) in [6.45, 7) is 5.84. The largest absolute Gasteiger partial charge is 0.314 e. The topological polar surface area (TPSA) is 12.0 Å². The van der Waals surface area contributed by atoms with Gasteiger partial charge in [-0.2, -0.15) is 11.8 Å². The van der Waals surface area contributed by atoms with Crippen molar-refractivity contribution in [1.29, 1.82) is 0 Å². The summed E-state index contributed by atoms with van der Waals surface area (Å²) in [6, 6.07) is 0.826. The molecule has 0 aromatic heterocycles. The molecule has 2 unspecified atom stereocenters. The average Bonchev–Trinajstić information content (AvgIpc) is 2.81. The van der Waals surface area contributed by atoms with Gasteiger partial charge in [0.05, 0.1) is 0 Å². The lowest BCUT2D eigenvalue weighted by atomic mass is 9.75. The Morgan fingerprint density at radius 1 is 1.12 bits per heavy atom. The van der Waals surface area contributed by atoms with Crippen molar-refractivity contribution in [2.24, 2.45) is 17.8 Å². The van der Waals surface area contributed by atoms with Crippen molar-refractivity contribution in [1.82, 2.24) is 5.32 Å². The first-order valence-corrected chi connectivity index (χ1v) is 8.27. The second kappa shape index (κ2) is 6.30. The minimum atomic E-state index is 0.826. The predicted molar refractivity (Wildman–Crippen MR) is 74.0 cm³/mol. The van der Waals surface area contributed by atoms with E-state index in [-0.39, 0.29) is 0 Å². The highest BCUT2D eigenvalue weighted by atomic mass is 32.2. The standard InChI is InChI=1S/C14H27NS/c1-3-15-14(13-8-9-16-10-13)12-6-4-11(2)5-7-12/h11-15H,3-10H2,1-2H3. The molecule has 1 heterocycles. The van der Waals surface area contributed by atoms with Crippen molar-refractivity contribution in [3.63, 3.8) is 0 Å². The zero-order valence-electron chi connectivity index (χ0n) is 10.9. The fourth-order valence-corrected chi connectivity index (χ4v) is 4.75. The summed E-state index contributed by atoms with van der Waals surface area (Å²) in [6.07, 6.45) is 7.33. The Morgan fingerprint density at radius 3 is 2.44 bits per heavy atom. The Labute approximate surface area is 105 Å². The molecule has 2 heteroatoms. The Morgan fingerprint density at radius 2 is 1.88 bits per heavy atom. The monoisotopic (exact) mass is 241 g/mol.